The third-order valence-corrected chi connectivity index (χ3v) is 4.42. The summed E-state index contributed by atoms with van der Waals surface area (Å²) >= 11 is 0. The number of hydrogen-bond donors (Lipinski definition) is 1. The van der Waals surface area contributed by atoms with Gasteiger partial charge in [-0.3, -0.25) is 4.79 Å². The summed E-state index contributed by atoms with van der Waals surface area (Å²) in [5.74, 6) is 1.48. The third-order valence-electron chi connectivity index (χ3n) is 4.42. The van der Waals surface area contributed by atoms with Crippen LogP contribution in [0.3, 0.4) is 0 Å². The molecule has 0 bridgehead atoms. The molecule has 3 aromatic heterocycles. The average molecular weight is 325 g/mol. The highest BCUT2D eigenvalue weighted by Crippen LogP contribution is 2.40. The number of fused-ring (bicyclic) bond motifs is 1. The van der Waals surface area contributed by atoms with Gasteiger partial charge in [-0.2, -0.15) is 10.1 Å². The second-order valence-electron chi connectivity index (χ2n) is 6.38. The molecule has 1 atom stereocenters. The van der Waals surface area contributed by atoms with Crippen LogP contribution in [-0.4, -0.2) is 35.3 Å². The Morgan fingerprint density at radius 2 is 2.12 bits per heavy atom. The summed E-state index contributed by atoms with van der Waals surface area (Å²) in [7, 11) is 0. The molecule has 3 aromatic rings. The lowest BCUT2D eigenvalue weighted by Crippen LogP contribution is -2.19. The number of hydrogen-bond acceptors (Lipinski definition) is 5. The Morgan fingerprint density at radius 1 is 1.33 bits per heavy atom. The first kappa shape index (κ1) is 14.8. The number of carbonyl (C=O) groups excluding carboxylic acids is 1. The molecule has 0 saturated heterocycles. The van der Waals surface area contributed by atoms with Gasteiger partial charge in [0, 0.05) is 17.5 Å². The van der Waals surface area contributed by atoms with Crippen LogP contribution in [0, 0.1) is 19.8 Å². The van der Waals surface area contributed by atoms with Crippen molar-refractivity contribution in [2.24, 2.45) is 5.92 Å². The largest absolute Gasteiger partial charge is 0.304 e. The van der Waals surface area contributed by atoms with E-state index in [0.717, 1.165) is 11.4 Å². The molecule has 0 aromatic carbocycles. The zero-order chi connectivity index (χ0) is 16.8. The fraction of sp³-hybridized carbons (Fsp3) is 0.438. The maximum atomic E-state index is 12.5. The van der Waals surface area contributed by atoms with Crippen molar-refractivity contribution >= 4 is 17.5 Å². The van der Waals surface area contributed by atoms with Crippen molar-refractivity contribution in [1.29, 1.82) is 0 Å². The lowest BCUT2D eigenvalue weighted by Gasteiger charge is -2.14. The summed E-state index contributed by atoms with van der Waals surface area (Å²) < 4.78 is 3.44. The lowest BCUT2D eigenvalue weighted by molar-refractivity contribution is 0.101. The summed E-state index contributed by atoms with van der Waals surface area (Å²) in [5, 5.41) is 11.5. The molecule has 4 rings (SSSR count). The van der Waals surface area contributed by atoms with Crippen LogP contribution in [0.25, 0.3) is 5.78 Å². The van der Waals surface area contributed by atoms with E-state index in [1.165, 1.54) is 12.8 Å². The number of carbonyl (C=O) groups is 1. The highest BCUT2D eigenvalue weighted by Gasteiger charge is 2.31. The molecule has 24 heavy (non-hydrogen) atoms. The first-order chi connectivity index (χ1) is 11.5. The fourth-order valence-corrected chi connectivity index (χ4v) is 2.95. The van der Waals surface area contributed by atoms with E-state index in [1.54, 1.807) is 16.8 Å². The summed E-state index contributed by atoms with van der Waals surface area (Å²) in [6.45, 7) is 5.92. The van der Waals surface area contributed by atoms with E-state index < -0.39 is 0 Å². The second-order valence-corrected chi connectivity index (χ2v) is 6.38. The standard InChI is InChI=1S/C16H19N7O/c1-9-8-10(2)22-16(18-9)20-14(21-22)15(24)19-13-6-7-17-23(13)11(3)12-4-5-12/h6-8,11-12H,4-5H2,1-3H3,(H,19,24). The van der Waals surface area contributed by atoms with Crippen LogP contribution < -0.4 is 5.32 Å². The van der Waals surface area contributed by atoms with Gasteiger partial charge >= 0.3 is 0 Å². The molecule has 1 amide bonds. The zero-order valence-electron chi connectivity index (χ0n) is 13.9. The third kappa shape index (κ3) is 2.53. The smallest absolute Gasteiger partial charge is 0.296 e. The van der Waals surface area contributed by atoms with E-state index in [4.69, 9.17) is 0 Å². The van der Waals surface area contributed by atoms with Gasteiger partial charge in [0.2, 0.25) is 5.82 Å². The van der Waals surface area contributed by atoms with Gasteiger partial charge in [-0.05, 0) is 45.6 Å². The minimum absolute atomic E-state index is 0.100. The van der Waals surface area contributed by atoms with Crippen molar-refractivity contribution in [3.05, 3.63) is 35.5 Å². The SMILES string of the molecule is Cc1cc(C)n2nc(C(=O)Nc3ccnn3C(C)C3CC3)nc2n1. The Labute approximate surface area is 138 Å². The molecule has 8 nitrogen and oxygen atoms in total. The van der Waals surface area contributed by atoms with Crippen molar-refractivity contribution in [3.8, 4) is 0 Å². The summed E-state index contributed by atoms with van der Waals surface area (Å²) in [6.07, 6.45) is 4.13. The number of nitrogens with zero attached hydrogens (tertiary/aromatic N) is 6. The van der Waals surface area contributed by atoms with Crippen LogP contribution in [-0.2, 0) is 0 Å². The average Bonchev–Trinajstić information content (AvgIpc) is 3.13. The van der Waals surface area contributed by atoms with Crippen LogP contribution in [0.5, 0.6) is 0 Å². The van der Waals surface area contributed by atoms with E-state index in [-0.39, 0.29) is 17.8 Å². The molecule has 0 spiro atoms. The Kier molecular flexibility index (Phi) is 3.33. The maximum absolute atomic E-state index is 12.5. The monoisotopic (exact) mass is 325 g/mol. The first-order valence-electron chi connectivity index (χ1n) is 8.09. The van der Waals surface area contributed by atoms with Gasteiger partial charge in [0.15, 0.2) is 0 Å². The minimum atomic E-state index is -0.359. The normalized spacial score (nSPS) is 15.6. The predicted molar refractivity (Wildman–Crippen MR) is 87.9 cm³/mol. The van der Waals surface area contributed by atoms with Gasteiger partial charge < -0.3 is 5.32 Å². The Bertz CT molecular complexity index is 922. The van der Waals surface area contributed by atoms with E-state index in [0.29, 0.717) is 17.5 Å². The molecule has 3 heterocycles. The predicted octanol–water partition coefficient (Wildman–Crippen LogP) is 2.16. The second kappa shape index (κ2) is 5.40. The van der Waals surface area contributed by atoms with Gasteiger partial charge in [0.05, 0.1) is 12.2 Å². The highest BCUT2D eigenvalue weighted by molar-refractivity contribution is 6.01. The quantitative estimate of drug-likeness (QED) is 0.794. The van der Waals surface area contributed by atoms with E-state index >= 15 is 0 Å². The van der Waals surface area contributed by atoms with Crippen molar-refractivity contribution in [3.63, 3.8) is 0 Å². The Balaban J connectivity index is 1.61. The van der Waals surface area contributed by atoms with E-state index in [9.17, 15) is 4.79 Å². The van der Waals surface area contributed by atoms with Crippen molar-refractivity contribution in [2.45, 2.75) is 39.7 Å². The molecule has 1 aliphatic rings. The number of nitrogens with one attached hydrogen (secondary N) is 1. The van der Waals surface area contributed by atoms with Gasteiger partial charge in [0.1, 0.15) is 5.82 Å². The molecule has 124 valence electrons. The minimum Gasteiger partial charge on any atom is -0.304 e. The van der Waals surface area contributed by atoms with Crippen LogP contribution in [0.4, 0.5) is 5.82 Å². The summed E-state index contributed by atoms with van der Waals surface area (Å²) in [4.78, 5) is 21.1. The highest BCUT2D eigenvalue weighted by atomic mass is 16.2. The van der Waals surface area contributed by atoms with Crippen molar-refractivity contribution < 1.29 is 4.79 Å². The van der Waals surface area contributed by atoms with Gasteiger partial charge in [-0.25, -0.2) is 14.2 Å². The molecule has 0 aliphatic heterocycles. The van der Waals surface area contributed by atoms with E-state index in [2.05, 4.69) is 32.4 Å². The fourth-order valence-electron chi connectivity index (χ4n) is 2.95. The zero-order valence-corrected chi connectivity index (χ0v) is 13.9. The van der Waals surface area contributed by atoms with Gasteiger partial charge in [-0.15, -0.1) is 5.10 Å². The Hall–Kier alpha value is -2.77. The van der Waals surface area contributed by atoms with Crippen LogP contribution in [0.2, 0.25) is 0 Å². The van der Waals surface area contributed by atoms with Crippen molar-refractivity contribution in [1.82, 2.24) is 29.4 Å². The van der Waals surface area contributed by atoms with Crippen LogP contribution in [0.15, 0.2) is 18.3 Å². The molecule has 1 N–H and O–H groups in total. The van der Waals surface area contributed by atoms with Crippen LogP contribution >= 0.6 is 0 Å². The summed E-state index contributed by atoms with van der Waals surface area (Å²) in [6, 6.07) is 3.96. The molecule has 1 saturated carbocycles. The Morgan fingerprint density at radius 3 is 2.88 bits per heavy atom. The van der Waals surface area contributed by atoms with E-state index in [1.807, 2.05) is 24.6 Å². The molecule has 8 heteroatoms. The van der Waals surface area contributed by atoms with Crippen molar-refractivity contribution in [2.75, 3.05) is 5.32 Å². The maximum Gasteiger partial charge on any atom is 0.296 e. The number of rotatable bonds is 4. The molecular weight excluding hydrogens is 306 g/mol. The molecular formula is C16H19N7O. The van der Waals surface area contributed by atoms with Crippen LogP contribution in [0.1, 0.15) is 47.8 Å². The summed E-state index contributed by atoms with van der Waals surface area (Å²) in [5.41, 5.74) is 1.73. The lowest BCUT2D eigenvalue weighted by atomic mass is 10.2. The number of anilines is 1. The topological polar surface area (TPSA) is 90.0 Å². The number of amides is 1. The number of aryl methyl sites for hydroxylation is 2. The first-order valence-corrected chi connectivity index (χ1v) is 8.09. The van der Waals surface area contributed by atoms with Gasteiger partial charge in [-0.1, -0.05) is 0 Å². The molecule has 1 fully saturated rings. The molecule has 1 aliphatic carbocycles. The molecule has 1 unspecified atom stereocenters. The molecule has 0 radical (unpaired) electrons. The number of aromatic nitrogens is 6. The van der Waals surface area contributed by atoms with Gasteiger partial charge in [0.25, 0.3) is 11.7 Å².